The minimum absolute atomic E-state index is 0.288. The molecule has 2 aromatic rings. The minimum atomic E-state index is 0.288. The lowest BCUT2D eigenvalue weighted by atomic mass is 10.1. The van der Waals surface area contributed by atoms with Crippen molar-refractivity contribution in [3.05, 3.63) is 23.7 Å². The van der Waals surface area contributed by atoms with Crippen molar-refractivity contribution in [2.24, 2.45) is 0 Å². The number of hydrogen-bond donors (Lipinski definition) is 1. The van der Waals surface area contributed by atoms with E-state index in [0.717, 1.165) is 29.2 Å². The molecule has 0 fully saturated rings. The van der Waals surface area contributed by atoms with Gasteiger partial charge < -0.3 is 5.73 Å². The highest BCUT2D eigenvalue weighted by Gasteiger charge is 2.15. The maximum atomic E-state index is 5.95. The average Bonchev–Trinajstić information content (AvgIpc) is 2.81. The molecule has 0 aliphatic heterocycles. The summed E-state index contributed by atoms with van der Waals surface area (Å²) in [5.74, 6) is 1.32. The summed E-state index contributed by atoms with van der Waals surface area (Å²) in [6.07, 6.45) is 2.56. The Morgan fingerprint density at radius 2 is 2.06 bits per heavy atom. The second-order valence-corrected chi connectivity index (χ2v) is 4.61. The molecular weight excluding hydrogens is 226 g/mol. The van der Waals surface area contributed by atoms with Crippen LogP contribution in [0.25, 0.3) is 11.4 Å². The van der Waals surface area contributed by atoms with Crippen LogP contribution in [0.3, 0.4) is 0 Å². The molecule has 18 heavy (non-hydrogen) atoms. The number of rotatable bonds is 3. The van der Waals surface area contributed by atoms with Gasteiger partial charge in [-0.15, -0.1) is 0 Å². The van der Waals surface area contributed by atoms with Crippen molar-refractivity contribution in [2.45, 2.75) is 40.2 Å². The van der Waals surface area contributed by atoms with E-state index in [-0.39, 0.29) is 6.04 Å². The number of nitrogens with zero attached hydrogens (tertiary/aromatic N) is 4. The minimum Gasteiger partial charge on any atom is -0.383 e. The summed E-state index contributed by atoms with van der Waals surface area (Å²) in [6.45, 7) is 8.16. The monoisotopic (exact) mass is 245 g/mol. The second-order valence-electron chi connectivity index (χ2n) is 4.61. The molecule has 0 bridgehead atoms. The molecule has 0 aromatic carbocycles. The van der Waals surface area contributed by atoms with E-state index in [9.17, 15) is 0 Å². The predicted molar refractivity (Wildman–Crippen MR) is 72.2 cm³/mol. The van der Waals surface area contributed by atoms with Crippen LogP contribution < -0.4 is 5.73 Å². The van der Waals surface area contributed by atoms with Gasteiger partial charge in [-0.05, 0) is 26.8 Å². The largest absolute Gasteiger partial charge is 0.383 e. The Hall–Kier alpha value is -1.91. The van der Waals surface area contributed by atoms with Gasteiger partial charge in [0.15, 0.2) is 0 Å². The van der Waals surface area contributed by atoms with E-state index in [1.807, 2.05) is 24.6 Å². The van der Waals surface area contributed by atoms with Gasteiger partial charge in [-0.3, -0.25) is 4.68 Å². The molecule has 0 amide bonds. The summed E-state index contributed by atoms with van der Waals surface area (Å²) >= 11 is 0. The highest BCUT2D eigenvalue weighted by Crippen LogP contribution is 2.26. The number of aryl methyl sites for hydroxylation is 1. The molecule has 0 aliphatic rings. The molecular formula is C13H19N5. The number of nitrogens with two attached hydrogens (primary N) is 1. The fourth-order valence-electron chi connectivity index (χ4n) is 1.90. The van der Waals surface area contributed by atoms with Crippen molar-refractivity contribution in [1.29, 1.82) is 0 Å². The van der Waals surface area contributed by atoms with Gasteiger partial charge >= 0.3 is 0 Å². The first-order chi connectivity index (χ1) is 8.54. The Labute approximate surface area is 107 Å². The molecule has 2 rings (SSSR count). The molecule has 96 valence electrons. The van der Waals surface area contributed by atoms with E-state index in [4.69, 9.17) is 5.73 Å². The standard InChI is InChI=1S/C13H19N5/c1-5-11-16-12(9(4)13(14)17-11)10-6-7-15-18(10)8(2)3/h6-8H,5H2,1-4H3,(H2,14,16,17). The number of nitrogen functional groups attached to an aromatic ring is 1. The van der Waals surface area contributed by atoms with Crippen molar-refractivity contribution < 1.29 is 0 Å². The van der Waals surface area contributed by atoms with E-state index >= 15 is 0 Å². The average molecular weight is 245 g/mol. The Morgan fingerprint density at radius 3 is 2.67 bits per heavy atom. The molecule has 0 spiro atoms. The fourth-order valence-corrected chi connectivity index (χ4v) is 1.90. The van der Waals surface area contributed by atoms with Crippen molar-refractivity contribution >= 4 is 5.82 Å². The van der Waals surface area contributed by atoms with Gasteiger partial charge in [-0.1, -0.05) is 6.92 Å². The SMILES string of the molecule is CCc1nc(N)c(C)c(-c2ccnn2C(C)C)n1. The van der Waals surface area contributed by atoms with E-state index in [1.54, 1.807) is 6.20 Å². The Balaban J connectivity index is 2.63. The van der Waals surface area contributed by atoms with E-state index in [0.29, 0.717) is 5.82 Å². The molecule has 2 N–H and O–H groups in total. The molecule has 0 saturated heterocycles. The van der Waals surface area contributed by atoms with Gasteiger partial charge in [0.2, 0.25) is 0 Å². The zero-order valence-electron chi connectivity index (χ0n) is 11.3. The molecule has 0 atom stereocenters. The smallest absolute Gasteiger partial charge is 0.131 e. The molecule has 5 heteroatoms. The highest BCUT2D eigenvalue weighted by molar-refractivity contribution is 5.64. The van der Waals surface area contributed by atoms with Crippen LogP contribution in [0.4, 0.5) is 5.82 Å². The zero-order chi connectivity index (χ0) is 13.3. The fraction of sp³-hybridized carbons (Fsp3) is 0.462. The molecule has 0 aliphatic carbocycles. The zero-order valence-corrected chi connectivity index (χ0v) is 11.3. The first kappa shape index (κ1) is 12.5. The number of aromatic nitrogens is 4. The van der Waals surface area contributed by atoms with Gasteiger partial charge in [0.1, 0.15) is 11.6 Å². The first-order valence-electron chi connectivity index (χ1n) is 6.21. The molecule has 0 saturated carbocycles. The maximum Gasteiger partial charge on any atom is 0.131 e. The summed E-state index contributed by atoms with van der Waals surface area (Å²) in [4.78, 5) is 8.86. The lowest BCUT2D eigenvalue weighted by molar-refractivity contribution is 0.537. The van der Waals surface area contributed by atoms with Crippen molar-refractivity contribution in [2.75, 3.05) is 5.73 Å². The van der Waals surface area contributed by atoms with Crippen molar-refractivity contribution in [1.82, 2.24) is 19.7 Å². The van der Waals surface area contributed by atoms with Crippen LogP contribution in [0.5, 0.6) is 0 Å². The summed E-state index contributed by atoms with van der Waals surface area (Å²) < 4.78 is 1.95. The number of hydrogen-bond acceptors (Lipinski definition) is 4. The van der Waals surface area contributed by atoms with E-state index in [2.05, 4.69) is 28.9 Å². The molecule has 0 unspecified atom stereocenters. The van der Waals surface area contributed by atoms with Crippen LogP contribution in [-0.4, -0.2) is 19.7 Å². The van der Waals surface area contributed by atoms with Gasteiger partial charge in [-0.25, -0.2) is 9.97 Å². The van der Waals surface area contributed by atoms with Gasteiger partial charge in [0.25, 0.3) is 0 Å². The van der Waals surface area contributed by atoms with Crippen molar-refractivity contribution in [3.63, 3.8) is 0 Å². The lowest BCUT2D eigenvalue weighted by Gasteiger charge is -2.13. The molecule has 0 radical (unpaired) electrons. The summed E-state index contributed by atoms with van der Waals surface area (Å²) in [6, 6.07) is 2.25. The van der Waals surface area contributed by atoms with E-state index < -0.39 is 0 Å². The van der Waals surface area contributed by atoms with Crippen LogP contribution in [0.15, 0.2) is 12.3 Å². The summed E-state index contributed by atoms with van der Waals surface area (Å²) in [7, 11) is 0. The van der Waals surface area contributed by atoms with Crippen LogP contribution in [0.1, 0.15) is 38.2 Å². The number of anilines is 1. The normalized spacial score (nSPS) is 11.2. The van der Waals surface area contributed by atoms with Crippen LogP contribution in [0, 0.1) is 6.92 Å². The summed E-state index contributed by atoms with van der Waals surface area (Å²) in [5.41, 5.74) is 8.73. The Morgan fingerprint density at radius 1 is 1.33 bits per heavy atom. The Kier molecular flexibility index (Phi) is 3.32. The molecule has 5 nitrogen and oxygen atoms in total. The lowest BCUT2D eigenvalue weighted by Crippen LogP contribution is -2.09. The maximum absolute atomic E-state index is 5.95. The molecule has 2 aromatic heterocycles. The van der Waals surface area contributed by atoms with Crippen molar-refractivity contribution in [3.8, 4) is 11.4 Å². The van der Waals surface area contributed by atoms with Crippen LogP contribution >= 0.6 is 0 Å². The summed E-state index contributed by atoms with van der Waals surface area (Å²) in [5, 5.41) is 4.33. The second kappa shape index (κ2) is 4.76. The molecule has 2 heterocycles. The first-order valence-corrected chi connectivity index (χ1v) is 6.21. The third kappa shape index (κ3) is 2.08. The topological polar surface area (TPSA) is 69.6 Å². The predicted octanol–water partition coefficient (Wildman–Crippen LogP) is 2.37. The third-order valence-corrected chi connectivity index (χ3v) is 2.95. The van der Waals surface area contributed by atoms with Gasteiger partial charge in [-0.2, -0.15) is 5.10 Å². The van der Waals surface area contributed by atoms with Gasteiger partial charge in [0, 0.05) is 24.2 Å². The quantitative estimate of drug-likeness (QED) is 0.901. The van der Waals surface area contributed by atoms with Crippen LogP contribution in [0.2, 0.25) is 0 Å². The van der Waals surface area contributed by atoms with Gasteiger partial charge in [0.05, 0.1) is 11.4 Å². The third-order valence-electron chi connectivity index (χ3n) is 2.95. The highest BCUT2D eigenvalue weighted by atomic mass is 15.3. The Bertz CT molecular complexity index is 557. The van der Waals surface area contributed by atoms with Crippen LogP contribution in [-0.2, 0) is 6.42 Å². The van der Waals surface area contributed by atoms with E-state index in [1.165, 1.54) is 0 Å².